The number of nitrogens with zero attached hydrogens (tertiary/aromatic N) is 2. The Morgan fingerprint density at radius 1 is 1.04 bits per heavy atom. The lowest BCUT2D eigenvalue weighted by atomic mass is 9.96. The molecule has 0 heterocycles. The molecule has 0 atom stereocenters. The summed E-state index contributed by atoms with van der Waals surface area (Å²) in [5, 5.41) is 9.79. The average molecular weight is 340 g/mol. The maximum absolute atomic E-state index is 12.6. The van der Waals surface area contributed by atoms with Crippen molar-refractivity contribution >= 4 is 5.91 Å². The molecule has 0 spiro atoms. The summed E-state index contributed by atoms with van der Waals surface area (Å²) in [5.41, 5.74) is 4.65. The van der Waals surface area contributed by atoms with Crippen molar-refractivity contribution in [3.63, 3.8) is 0 Å². The molecule has 0 aliphatic carbocycles. The summed E-state index contributed by atoms with van der Waals surface area (Å²) in [6.45, 7) is 6.16. The zero-order chi connectivity index (χ0) is 18.4. The molecular weight excluding hydrogens is 312 g/mol. The van der Waals surface area contributed by atoms with Gasteiger partial charge >= 0.3 is 0 Å². The van der Waals surface area contributed by atoms with E-state index in [1.807, 2.05) is 69.2 Å². The Kier molecular flexibility index (Phi) is 6.73. The molecule has 0 saturated heterocycles. The van der Waals surface area contributed by atoms with E-state index in [9.17, 15) is 9.90 Å². The summed E-state index contributed by atoms with van der Waals surface area (Å²) < 4.78 is 0. The van der Waals surface area contributed by atoms with Crippen LogP contribution in [0.4, 0.5) is 0 Å². The second-order valence-electron chi connectivity index (χ2n) is 6.45. The van der Waals surface area contributed by atoms with Crippen molar-refractivity contribution in [1.29, 1.82) is 0 Å². The Hall–Kier alpha value is -2.17. The van der Waals surface area contributed by atoms with Crippen LogP contribution in [0.25, 0.3) is 11.1 Å². The molecule has 2 aromatic carbocycles. The van der Waals surface area contributed by atoms with E-state index in [4.69, 9.17) is 0 Å². The van der Waals surface area contributed by atoms with E-state index in [-0.39, 0.29) is 12.5 Å². The summed E-state index contributed by atoms with van der Waals surface area (Å²) in [5.74, 6) is 0.0432. The number of benzene rings is 2. The van der Waals surface area contributed by atoms with Crippen molar-refractivity contribution in [2.75, 3.05) is 27.2 Å². The van der Waals surface area contributed by atoms with Gasteiger partial charge in [0.2, 0.25) is 0 Å². The molecular formula is C21H28N2O2. The number of hydrogen-bond acceptors (Lipinski definition) is 3. The molecule has 0 radical (unpaired) electrons. The van der Waals surface area contributed by atoms with E-state index in [1.165, 1.54) is 0 Å². The van der Waals surface area contributed by atoms with E-state index >= 15 is 0 Å². The summed E-state index contributed by atoms with van der Waals surface area (Å²) in [4.78, 5) is 16.5. The number of hydrogen-bond donors (Lipinski definition) is 1. The Morgan fingerprint density at radius 3 is 2.36 bits per heavy atom. The number of rotatable bonds is 7. The van der Waals surface area contributed by atoms with Gasteiger partial charge in [0.1, 0.15) is 0 Å². The zero-order valence-corrected chi connectivity index (χ0v) is 15.6. The first-order chi connectivity index (χ1) is 12.0. The predicted octanol–water partition coefficient (Wildman–Crippen LogP) is 3.39. The highest BCUT2D eigenvalue weighted by Crippen LogP contribution is 2.26. The van der Waals surface area contributed by atoms with Crippen molar-refractivity contribution < 1.29 is 9.90 Å². The van der Waals surface area contributed by atoms with Gasteiger partial charge < -0.3 is 14.9 Å². The summed E-state index contributed by atoms with van der Waals surface area (Å²) in [7, 11) is 4.05. The third-order valence-electron chi connectivity index (χ3n) is 4.31. The van der Waals surface area contributed by atoms with Crippen LogP contribution in [0.3, 0.4) is 0 Å². The van der Waals surface area contributed by atoms with Gasteiger partial charge in [0.15, 0.2) is 0 Å². The second kappa shape index (κ2) is 8.79. The Labute approximate surface area is 150 Å². The molecule has 4 heteroatoms. The second-order valence-corrected chi connectivity index (χ2v) is 6.45. The fraction of sp³-hybridized carbons (Fsp3) is 0.381. The molecule has 0 aliphatic heterocycles. The topological polar surface area (TPSA) is 43.8 Å². The highest BCUT2D eigenvalue weighted by Gasteiger charge is 2.14. The largest absolute Gasteiger partial charge is 0.392 e. The monoisotopic (exact) mass is 340 g/mol. The number of amides is 1. The molecule has 2 rings (SSSR count). The van der Waals surface area contributed by atoms with Crippen LogP contribution >= 0.6 is 0 Å². The van der Waals surface area contributed by atoms with E-state index in [1.54, 1.807) is 0 Å². The van der Waals surface area contributed by atoms with Crippen LogP contribution < -0.4 is 0 Å². The fourth-order valence-corrected chi connectivity index (χ4v) is 3.04. The van der Waals surface area contributed by atoms with Crippen LogP contribution in [0, 0.1) is 0 Å². The normalized spacial score (nSPS) is 11.0. The quantitative estimate of drug-likeness (QED) is 0.840. The van der Waals surface area contributed by atoms with Crippen LogP contribution in [0.15, 0.2) is 42.5 Å². The molecule has 2 aromatic rings. The summed E-state index contributed by atoms with van der Waals surface area (Å²) in [6.07, 6.45) is 0. The summed E-state index contributed by atoms with van der Waals surface area (Å²) >= 11 is 0. The maximum atomic E-state index is 12.6. The van der Waals surface area contributed by atoms with Gasteiger partial charge in [-0.25, -0.2) is 0 Å². The number of aliphatic hydroxyl groups is 1. The molecule has 0 aromatic heterocycles. The third-order valence-corrected chi connectivity index (χ3v) is 4.31. The van der Waals surface area contributed by atoms with Gasteiger partial charge in [0, 0.05) is 25.2 Å². The van der Waals surface area contributed by atoms with Gasteiger partial charge in [-0.3, -0.25) is 4.79 Å². The number of carbonyl (C=O) groups excluding carboxylic acids is 1. The molecule has 4 nitrogen and oxygen atoms in total. The maximum Gasteiger partial charge on any atom is 0.253 e. The molecule has 0 saturated carbocycles. The lowest BCUT2D eigenvalue weighted by Crippen LogP contribution is -2.30. The molecule has 0 bridgehead atoms. The molecule has 134 valence electrons. The van der Waals surface area contributed by atoms with Gasteiger partial charge in [0.25, 0.3) is 5.91 Å². The standard InChI is InChI=1S/C21H28N2O2/c1-5-23(6-2)21(25)18-9-7-8-17(13-18)20-11-10-16(14-22(3)4)12-19(20)15-24/h7-13,24H,5-6,14-15H2,1-4H3. The van der Waals surface area contributed by atoms with Gasteiger partial charge in [-0.1, -0.05) is 30.3 Å². The molecule has 1 amide bonds. The minimum atomic E-state index is -0.0230. The zero-order valence-electron chi connectivity index (χ0n) is 15.6. The minimum absolute atomic E-state index is 0.0230. The first-order valence-corrected chi connectivity index (χ1v) is 8.77. The Bertz CT molecular complexity index is 722. The number of carbonyl (C=O) groups is 1. The van der Waals surface area contributed by atoms with Crippen LogP contribution in [0.1, 0.15) is 35.3 Å². The van der Waals surface area contributed by atoms with Crippen molar-refractivity contribution in [3.8, 4) is 11.1 Å². The molecule has 1 N–H and O–H groups in total. The minimum Gasteiger partial charge on any atom is -0.392 e. The van der Waals surface area contributed by atoms with Crippen LogP contribution in [-0.4, -0.2) is 48.0 Å². The predicted molar refractivity (Wildman–Crippen MR) is 102 cm³/mol. The van der Waals surface area contributed by atoms with E-state index in [2.05, 4.69) is 11.0 Å². The highest BCUT2D eigenvalue weighted by molar-refractivity contribution is 5.95. The number of aliphatic hydroxyl groups excluding tert-OH is 1. The average Bonchev–Trinajstić information content (AvgIpc) is 2.62. The summed E-state index contributed by atoms with van der Waals surface area (Å²) in [6, 6.07) is 13.8. The van der Waals surface area contributed by atoms with Gasteiger partial charge in [-0.2, -0.15) is 0 Å². The van der Waals surface area contributed by atoms with Crippen LogP contribution in [0.5, 0.6) is 0 Å². The van der Waals surface area contributed by atoms with Crippen LogP contribution in [-0.2, 0) is 13.2 Å². The molecule has 0 fully saturated rings. The lowest BCUT2D eigenvalue weighted by molar-refractivity contribution is 0.0773. The fourth-order valence-electron chi connectivity index (χ4n) is 3.04. The smallest absolute Gasteiger partial charge is 0.253 e. The van der Waals surface area contributed by atoms with Gasteiger partial charge in [-0.05, 0) is 62.3 Å². The van der Waals surface area contributed by atoms with Crippen molar-refractivity contribution in [3.05, 3.63) is 59.2 Å². The van der Waals surface area contributed by atoms with Crippen molar-refractivity contribution in [2.24, 2.45) is 0 Å². The van der Waals surface area contributed by atoms with Crippen molar-refractivity contribution in [2.45, 2.75) is 27.0 Å². The first kappa shape index (κ1) is 19.2. The molecule has 0 unspecified atom stereocenters. The van der Waals surface area contributed by atoms with E-state index in [0.717, 1.165) is 28.8 Å². The molecule has 25 heavy (non-hydrogen) atoms. The highest BCUT2D eigenvalue weighted by atomic mass is 16.3. The SMILES string of the molecule is CCN(CC)C(=O)c1cccc(-c2ccc(CN(C)C)cc2CO)c1. The van der Waals surface area contributed by atoms with E-state index in [0.29, 0.717) is 18.7 Å². The lowest BCUT2D eigenvalue weighted by Gasteiger charge is -2.19. The van der Waals surface area contributed by atoms with Gasteiger partial charge in [0.05, 0.1) is 6.61 Å². The van der Waals surface area contributed by atoms with Crippen LogP contribution in [0.2, 0.25) is 0 Å². The third kappa shape index (κ3) is 4.68. The Balaban J connectivity index is 2.38. The van der Waals surface area contributed by atoms with E-state index < -0.39 is 0 Å². The molecule has 0 aliphatic rings. The van der Waals surface area contributed by atoms with Gasteiger partial charge in [-0.15, -0.1) is 0 Å². The first-order valence-electron chi connectivity index (χ1n) is 8.77. The Morgan fingerprint density at radius 2 is 1.76 bits per heavy atom. The van der Waals surface area contributed by atoms with Crippen molar-refractivity contribution in [1.82, 2.24) is 9.80 Å².